The van der Waals surface area contributed by atoms with Gasteiger partial charge in [-0.05, 0) is 52.4 Å². The van der Waals surface area contributed by atoms with Crippen molar-refractivity contribution in [2.45, 2.75) is 6.54 Å². The van der Waals surface area contributed by atoms with Gasteiger partial charge in [0.15, 0.2) is 6.61 Å². The molecular formula is C19H21IN2O3. The number of rotatable bonds is 6. The molecule has 2 aromatic carbocycles. The van der Waals surface area contributed by atoms with Gasteiger partial charge in [-0.2, -0.15) is 0 Å². The standard InChI is InChI=1S/C19H21IN2O3/c1-21(2)15-10-8-14(9-11-15)12-22(3)18(23)13-25-19(24)16-6-4-5-7-17(16)20/h4-11H,12-13H2,1-3H3. The first-order chi connectivity index (χ1) is 11.9. The van der Waals surface area contributed by atoms with Crippen LogP contribution in [0.2, 0.25) is 0 Å². The summed E-state index contributed by atoms with van der Waals surface area (Å²) in [4.78, 5) is 27.8. The molecule has 0 bridgehead atoms. The number of likely N-dealkylation sites (N-methyl/N-ethyl adjacent to an activating group) is 1. The van der Waals surface area contributed by atoms with E-state index in [2.05, 4.69) is 22.6 Å². The second-order valence-electron chi connectivity index (χ2n) is 5.87. The van der Waals surface area contributed by atoms with Gasteiger partial charge in [0.25, 0.3) is 5.91 Å². The zero-order chi connectivity index (χ0) is 18.4. The Morgan fingerprint density at radius 1 is 1.00 bits per heavy atom. The van der Waals surface area contributed by atoms with E-state index in [0.717, 1.165) is 14.8 Å². The lowest BCUT2D eigenvalue weighted by Crippen LogP contribution is -2.30. The van der Waals surface area contributed by atoms with Crippen LogP contribution in [-0.2, 0) is 16.1 Å². The Morgan fingerprint density at radius 3 is 2.24 bits per heavy atom. The lowest BCUT2D eigenvalue weighted by Gasteiger charge is -2.18. The number of ether oxygens (including phenoxy) is 1. The van der Waals surface area contributed by atoms with Crippen LogP contribution in [0.25, 0.3) is 0 Å². The highest BCUT2D eigenvalue weighted by Gasteiger charge is 2.15. The molecule has 0 heterocycles. The van der Waals surface area contributed by atoms with Crippen molar-refractivity contribution in [3.8, 4) is 0 Å². The molecule has 132 valence electrons. The number of carbonyl (C=O) groups is 2. The molecule has 2 aromatic rings. The van der Waals surface area contributed by atoms with E-state index in [-0.39, 0.29) is 12.5 Å². The van der Waals surface area contributed by atoms with Gasteiger partial charge in [0, 0.05) is 36.9 Å². The maximum absolute atomic E-state index is 12.2. The number of halogens is 1. The lowest BCUT2D eigenvalue weighted by molar-refractivity contribution is -0.133. The zero-order valence-corrected chi connectivity index (χ0v) is 16.7. The molecule has 1 amide bonds. The maximum Gasteiger partial charge on any atom is 0.339 e. The third-order valence-corrected chi connectivity index (χ3v) is 4.66. The Balaban J connectivity index is 1.88. The molecule has 0 aromatic heterocycles. The molecule has 0 spiro atoms. The molecule has 5 nitrogen and oxygen atoms in total. The largest absolute Gasteiger partial charge is 0.452 e. The Labute approximate surface area is 161 Å². The Kier molecular flexibility index (Phi) is 6.81. The number of hydrogen-bond acceptors (Lipinski definition) is 4. The minimum absolute atomic E-state index is 0.240. The Bertz CT molecular complexity index is 745. The van der Waals surface area contributed by atoms with Crippen molar-refractivity contribution in [1.29, 1.82) is 0 Å². The third-order valence-electron chi connectivity index (χ3n) is 3.72. The molecule has 2 rings (SSSR count). The molecule has 0 radical (unpaired) electrons. The molecule has 0 aliphatic heterocycles. The molecule has 0 atom stereocenters. The number of carbonyl (C=O) groups excluding carboxylic acids is 2. The molecule has 0 unspecified atom stereocenters. The van der Waals surface area contributed by atoms with Gasteiger partial charge in [0.2, 0.25) is 0 Å². The van der Waals surface area contributed by atoms with E-state index in [1.165, 1.54) is 0 Å². The molecule has 0 aliphatic carbocycles. The predicted molar refractivity (Wildman–Crippen MR) is 107 cm³/mol. The summed E-state index contributed by atoms with van der Waals surface area (Å²) in [5.41, 5.74) is 2.59. The first-order valence-corrected chi connectivity index (χ1v) is 8.88. The van der Waals surface area contributed by atoms with Crippen molar-refractivity contribution in [1.82, 2.24) is 4.90 Å². The summed E-state index contributed by atoms with van der Waals surface area (Å²) < 4.78 is 5.94. The van der Waals surface area contributed by atoms with Gasteiger partial charge in [-0.3, -0.25) is 4.79 Å². The van der Waals surface area contributed by atoms with E-state index in [1.807, 2.05) is 55.4 Å². The summed E-state index contributed by atoms with van der Waals surface area (Å²) in [6.07, 6.45) is 0. The van der Waals surface area contributed by atoms with Crippen LogP contribution in [0.3, 0.4) is 0 Å². The van der Waals surface area contributed by atoms with E-state index in [1.54, 1.807) is 24.1 Å². The van der Waals surface area contributed by atoms with E-state index in [9.17, 15) is 9.59 Å². The molecule has 6 heteroatoms. The summed E-state index contributed by atoms with van der Waals surface area (Å²) >= 11 is 2.07. The van der Waals surface area contributed by atoms with Crippen LogP contribution in [-0.4, -0.2) is 44.5 Å². The van der Waals surface area contributed by atoms with Crippen LogP contribution in [0.15, 0.2) is 48.5 Å². The number of benzene rings is 2. The normalized spacial score (nSPS) is 10.2. The van der Waals surface area contributed by atoms with Gasteiger partial charge >= 0.3 is 5.97 Å². The molecule has 0 saturated carbocycles. The SMILES string of the molecule is CN(Cc1ccc(N(C)C)cc1)C(=O)COC(=O)c1ccccc1I. The molecule has 0 saturated heterocycles. The van der Waals surface area contributed by atoms with Gasteiger partial charge in [-0.1, -0.05) is 24.3 Å². The first kappa shape index (κ1) is 19.2. The van der Waals surface area contributed by atoms with Crippen molar-refractivity contribution < 1.29 is 14.3 Å². The van der Waals surface area contributed by atoms with Gasteiger partial charge < -0.3 is 14.5 Å². The minimum atomic E-state index is -0.484. The Morgan fingerprint density at radius 2 is 1.64 bits per heavy atom. The fraction of sp³-hybridized carbons (Fsp3) is 0.263. The van der Waals surface area contributed by atoms with Crippen LogP contribution in [0, 0.1) is 3.57 Å². The quantitative estimate of drug-likeness (QED) is 0.499. The van der Waals surface area contributed by atoms with E-state index >= 15 is 0 Å². The van der Waals surface area contributed by atoms with Crippen molar-refractivity contribution in [2.75, 3.05) is 32.6 Å². The van der Waals surface area contributed by atoms with E-state index in [4.69, 9.17) is 4.74 Å². The second kappa shape index (κ2) is 8.84. The minimum Gasteiger partial charge on any atom is -0.452 e. The highest BCUT2D eigenvalue weighted by atomic mass is 127. The fourth-order valence-electron chi connectivity index (χ4n) is 2.20. The zero-order valence-electron chi connectivity index (χ0n) is 14.5. The fourth-order valence-corrected chi connectivity index (χ4v) is 2.81. The van der Waals surface area contributed by atoms with Crippen molar-refractivity contribution in [3.05, 3.63) is 63.2 Å². The number of anilines is 1. The first-order valence-electron chi connectivity index (χ1n) is 7.80. The summed E-state index contributed by atoms with van der Waals surface area (Å²) in [6.45, 7) is 0.197. The number of esters is 1. The van der Waals surface area contributed by atoms with Crippen molar-refractivity contribution in [3.63, 3.8) is 0 Å². The average Bonchev–Trinajstić information content (AvgIpc) is 2.60. The van der Waals surface area contributed by atoms with Crippen molar-refractivity contribution in [2.24, 2.45) is 0 Å². The molecule has 0 aliphatic rings. The van der Waals surface area contributed by atoms with Crippen LogP contribution < -0.4 is 4.90 Å². The monoisotopic (exact) mass is 452 g/mol. The van der Waals surface area contributed by atoms with Crippen LogP contribution in [0.5, 0.6) is 0 Å². The highest BCUT2D eigenvalue weighted by molar-refractivity contribution is 14.1. The molecular weight excluding hydrogens is 431 g/mol. The highest BCUT2D eigenvalue weighted by Crippen LogP contribution is 2.14. The average molecular weight is 452 g/mol. The summed E-state index contributed by atoms with van der Waals surface area (Å²) in [5, 5.41) is 0. The van der Waals surface area contributed by atoms with Crippen LogP contribution in [0.1, 0.15) is 15.9 Å². The topological polar surface area (TPSA) is 49.9 Å². The van der Waals surface area contributed by atoms with Crippen LogP contribution in [0.4, 0.5) is 5.69 Å². The molecule has 0 N–H and O–H groups in total. The molecule has 25 heavy (non-hydrogen) atoms. The molecule has 0 fully saturated rings. The summed E-state index contributed by atoms with van der Waals surface area (Å²) in [5.74, 6) is -0.724. The van der Waals surface area contributed by atoms with Gasteiger partial charge in [0.05, 0.1) is 5.56 Å². The Hall–Kier alpha value is -2.09. The van der Waals surface area contributed by atoms with Gasteiger partial charge in [0.1, 0.15) is 0 Å². The predicted octanol–water partition coefficient (Wildman–Crippen LogP) is 3.17. The second-order valence-corrected chi connectivity index (χ2v) is 7.03. The third kappa shape index (κ3) is 5.45. The van der Waals surface area contributed by atoms with Gasteiger partial charge in [-0.15, -0.1) is 0 Å². The number of hydrogen-bond donors (Lipinski definition) is 0. The number of amides is 1. The van der Waals surface area contributed by atoms with Crippen molar-refractivity contribution >= 4 is 40.2 Å². The maximum atomic E-state index is 12.2. The van der Waals surface area contributed by atoms with Crippen LogP contribution >= 0.6 is 22.6 Å². The van der Waals surface area contributed by atoms with Gasteiger partial charge in [-0.25, -0.2) is 4.79 Å². The number of nitrogens with zero attached hydrogens (tertiary/aromatic N) is 2. The summed E-state index contributed by atoms with van der Waals surface area (Å²) in [7, 11) is 5.65. The van der Waals surface area contributed by atoms with E-state index in [0.29, 0.717) is 12.1 Å². The van der Waals surface area contributed by atoms with E-state index < -0.39 is 5.97 Å². The lowest BCUT2D eigenvalue weighted by atomic mass is 10.2. The summed E-state index contributed by atoms with van der Waals surface area (Å²) in [6, 6.07) is 15.1. The smallest absolute Gasteiger partial charge is 0.339 e.